The van der Waals surface area contributed by atoms with Gasteiger partial charge < -0.3 is 4.98 Å². The first-order valence-corrected chi connectivity index (χ1v) is 4.87. The highest BCUT2D eigenvalue weighted by Gasteiger charge is 2.11. The van der Waals surface area contributed by atoms with Crippen LogP contribution in [0.4, 0.5) is 4.39 Å². The second-order valence-corrected chi connectivity index (χ2v) is 3.99. The highest BCUT2D eigenvalue weighted by atomic mass is 19.1. The molecular formula is C12H14FN. The lowest BCUT2D eigenvalue weighted by Gasteiger charge is -2.09. The van der Waals surface area contributed by atoms with E-state index in [0.29, 0.717) is 11.5 Å². The number of halogens is 1. The van der Waals surface area contributed by atoms with Crippen LogP contribution in [0.15, 0.2) is 18.3 Å². The molecule has 0 aliphatic rings. The summed E-state index contributed by atoms with van der Waals surface area (Å²) < 4.78 is 13.5. The second kappa shape index (κ2) is 3.12. The SMILES string of the molecule is Cc1c(F)cc(C(C)C)c2cc[nH]c12. The summed E-state index contributed by atoms with van der Waals surface area (Å²) >= 11 is 0. The minimum atomic E-state index is -0.122. The second-order valence-electron chi connectivity index (χ2n) is 3.99. The number of rotatable bonds is 1. The topological polar surface area (TPSA) is 15.8 Å². The smallest absolute Gasteiger partial charge is 0.128 e. The molecule has 0 saturated heterocycles. The Bertz CT molecular complexity index is 468. The molecule has 0 spiro atoms. The minimum absolute atomic E-state index is 0.122. The van der Waals surface area contributed by atoms with Crippen molar-refractivity contribution in [2.24, 2.45) is 0 Å². The van der Waals surface area contributed by atoms with Crippen molar-refractivity contribution >= 4 is 10.9 Å². The first kappa shape index (κ1) is 9.25. The third-order valence-corrected chi connectivity index (χ3v) is 2.70. The molecule has 0 aliphatic heterocycles. The van der Waals surface area contributed by atoms with Crippen molar-refractivity contribution in [1.29, 1.82) is 0 Å². The molecule has 1 heterocycles. The Morgan fingerprint density at radius 1 is 1.36 bits per heavy atom. The maximum atomic E-state index is 13.5. The molecule has 1 N–H and O–H groups in total. The lowest BCUT2D eigenvalue weighted by molar-refractivity contribution is 0.617. The average molecular weight is 191 g/mol. The van der Waals surface area contributed by atoms with Crippen LogP contribution in [0.3, 0.4) is 0 Å². The maximum absolute atomic E-state index is 13.5. The Labute approximate surface area is 82.9 Å². The van der Waals surface area contributed by atoms with E-state index in [2.05, 4.69) is 18.8 Å². The van der Waals surface area contributed by atoms with E-state index in [1.54, 1.807) is 13.0 Å². The zero-order valence-electron chi connectivity index (χ0n) is 8.69. The number of hydrogen-bond acceptors (Lipinski definition) is 0. The van der Waals surface area contributed by atoms with Crippen LogP contribution in [0, 0.1) is 12.7 Å². The quantitative estimate of drug-likeness (QED) is 0.706. The van der Waals surface area contributed by atoms with Crippen molar-refractivity contribution in [3.63, 3.8) is 0 Å². The Morgan fingerprint density at radius 3 is 2.71 bits per heavy atom. The molecule has 0 saturated carbocycles. The molecule has 2 heteroatoms. The number of nitrogens with one attached hydrogen (secondary N) is 1. The maximum Gasteiger partial charge on any atom is 0.128 e. The fourth-order valence-electron chi connectivity index (χ4n) is 1.84. The van der Waals surface area contributed by atoms with Crippen LogP contribution >= 0.6 is 0 Å². The average Bonchev–Trinajstić information content (AvgIpc) is 2.59. The summed E-state index contributed by atoms with van der Waals surface area (Å²) in [5.41, 5.74) is 2.70. The van der Waals surface area contributed by atoms with E-state index in [9.17, 15) is 4.39 Å². The standard InChI is InChI=1S/C12H14FN/c1-7(2)10-6-11(13)8(3)12-9(10)4-5-14-12/h4-7,14H,1-3H3. The minimum Gasteiger partial charge on any atom is -0.361 e. The van der Waals surface area contributed by atoms with Crippen LogP contribution in [-0.2, 0) is 0 Å². The summed E-state index contributed by atoms with van der Waals surface area (Å²) in [7, 11) is 0. The molecule has 1 aromatic carbocycles. The Kier molecular flexibility index (Phi) is 2.06. The highest BCUT2D eigenvalue weighted by molar-refractivity contribution is 5.86. The van der Waals surface area contributed by atoms with Gasteiger partial charge in [0.05, 0.1) is 5.52 Å². The summed E-state index contributed by atoms with van der Waals surface area (Å²) in [5, 5.41) is 1.14. The Hall–Kier alpha value is -1.31. The molecule has 0 bridgehead atoms. The van der Waals surface area contributed by atoms with E-state index >= 15 is 0 Å². The fraction of sp³-hybridized carbons (Fsp3) is 0.333. The van der Waals surface area contributed by atoms with Gasteiger partial charge in [-0.1, -0.05) is 13.8 Å². The van der Waals surface area contributed by atoms with E-state index in [-0.39, 0.29) is 5.82 Å². The third-order valence-electron chi connectivity index (χ3n) is 2.70. The molecule has 0 unspecified atom stereocenters. The zero-order valence-corrected chi connectivity index (χ0v) is 8.69. The van der Waals surface area contributed by atoms with Crippen molar-refractivity contribution in [1.82, 2.24) is 4.98 Å². The van der Waals surface area contributed by atoms with Crippen molar-refractivity contribution in [2.45, 2.75) is 26.7 Å². The first-order chi connectivity index (χ1) is 6.61. The van der Waals surface area contributed by atoms with Gasteiger partial charge in [-0.2, -0.15) is 0 Å². The molecule has 1 aromatic heterocycles. The zero-order chi connectivity index (χ0) is 10.3. The summed E-state index contributed by atoms with van der Waals surface area (Å²) in [6, 6.07) is 3.66. The number of fused-ring (bicyclic) bond motifs is 1. The summed E-state index contributed by atoms with van der Waals surface area (Å²) in [6.07, 6.45) is 1.86. The van der Waals surface area contributed by atoms with Gasteiger partial charge in [0.25, 0.3) is 0 Å². The number of hydrogen-bond donors (Lipinski definition) is 1. The van der Waals surface area contributed by atoms with Crippen molar-refractivity contribution in [2.75, 3.05) is 0 Å². The fourth-order valence-corrected chi connectivity index (χ4v) is 1.84. The van der Waals surface area contributed by atoms with Crippen LogP contribution in [0.2, 0.25) is 0 Å². The predicted molar refractivity (Wildman–Crippen MR) is 57.1 cm³/mol. The van der Waals surface area contributed by atoms with Gasteiger partial charge >= 0.3 is 0 Å². The normalized spacial score (nSPS) is 11.5. The molecule has 2 rings (SSSR count). The lowest BCUT2D eigenvalue weighted by Crippen LogP contribution is -1.93. The molecule has 0 radical (unpaired) electrons. The van der Waals surface area contributed by atoms with E-state index in [4.69, 9.17) is 0 Å². The van der Waals surface area contributed by atoms with Crippen LogP contribution in [0.5, 0.6) is 0 Å². The monoisotopic (exact) mass is 191 g/mol. The van der Waals surface area contributed by atoms with Gasteiger partial charge in [-0.15, -0.1) is 0 Å². The van der Waals surface area contributed by atoms with Crippen LogP contribution in [0.1, 0.15) is 30.9 Å². The molecule has 14 heavy (non-hydrogen) atoms. The predicted octanol–water partition coefficient (Wildman–Crippen LogP) is 3.74. The lowest BCUT2D eigenvalue weighted by atomic mass is 9.97. The molecule has 0 amide bonds. The molecule has 2 aromatic rings. The van der Waals surface area contributed by atoms with Gasteiger partial charge in [-0.05, 0) is 30.5 Å². The van der Waals surface area contributed by atoms with E-state index < -0.39 is 0 Å². The van der Waals surface area contributed by atoms with Gasteiger partial charge in [0.2, 0.25) is 0 Å². The number of benzene rings is 1. The first-order valence-electron chi connectivity index (χ1n) is 4.87. The van der Waals surface area contributed by atoms with Gasteiger partial charge in [0, 0.05) is 17.1 Å². The summed E-state index contributed by atoms with van der Waals surface area (Å²) in [6.45, 7) is 5.96. The van der Waals surface area contributed by atoms with E-state index in [1.165, 1.54) is 0 Å². The molecule has 74 valence electrons. The number of aryl methyl sites for hydroxylation is 1. The van der Waals surface area contributed by atoms with E-state index in [0.717, 1.165) is 16.5 Å². The number of aromatic nitrogens is 1. The van der Waals surface area contributed by atoms with Crippen LogP contribution in [0.25, 0.3) is 10.9 Å². The highest BCUT2D eigenvalue weighted by Crippen LogP contribution is 2.28. The molecule has 0 fully saturated rings. The summed E-state index contributed by atoms with van der Waals surface area (Å²) in [4.78, 5) is 3.08. The van der Waals surface area contributed by atoms with Gasteiger partial charge in [-0.3, -0.25) is 0 Å². The van der Waals surface area contributed by atoms with E-state index in [1.807, 2.05) is 12.3 Å². The molecule has 0 aliphatic carbocycles. The van der Waals surface area contributed by atoms with Crippen molar-refractivity contribution in [3.05, 3.63) is 35.3 Å². The Morgan fingerprint density at radius 2 is 2.07 bits per heavy atom. The van der Waals surface area contributed by atoms with Crippen molar-refractivity contribution in [3.8, 4) is 0 Å². The van der Waals surface area contributed by atoms with Crippen LogP contribution in [-0.4, -0.2) is 4.98 Å². The third kappa shape index (κ3) is 1.22. The Balaban J connectivity index is 2.84. The molecular weight excluding hydrogens is 177 g/mol. The number of aromatic amines is 1. The number of H-pyrrole nitrogens is 1. The largest absolute Gasteiger partial charge is 0.361 e. The van der Waals surface area contributed by atoms with Crippen molar-refractivity contribution < 1.29 is 4.39 Å². The molecule has 0 atom stereocenters. The molecule has 1 nitrogen and oxygen atoms in total. The van der Waals surface area contributed by atoms with Gasteiger partial charge in [-0.25, -0.2) is 4.39 Å². The van der Waals surface area contributed by atoms with Crippen LogP contribution < -0.4 is 0 Å². The van der Waals surface area contributed by atoms with Gasteiger partial charge in [0.1, 0.15) is 5.82 Å². The van der Waals surface area contributed by atoms with Gasteiger partial charge in [0.15, 0.2) is 0 Å². The summed E-state index contributed by atoms with van der Waals surface area (Å²) in [5.74, 6) is 0.229.